The molecule has 0 bridgehead atoms. The molecule has 0 aliphatic heterocycles. The van der Waals surface area contributed by atoms with Crippen LogP contribution >= 0.6 is 0 Å². The third kappa shape index (κ3) is 7.30. The van der Waals surface area contributed by atoms with Gasteiger partial charge in [-0.25, -0.2) is 4.79 Å². The molecule has 1 aromatic rings. The van der Waals surface area contributed by atoms with Crippen LogP contribution in [0.4, 0.5) is 5.69 Å². The maximum absolute atomic E-state index is 11.3. The second-order valence-corrected chi connectivity index (χ2v) is 5.04. The number of nitrogens with two attached hydrogens (primary N) is 1. The van der Waals surface area contributed by atoms with Crippen molar-refractivity contribution in [2.45, 2.75) is 38.6 Å². The molecule has 0 radical (unpaired) electrons. The lowest BCUT2D eigenvalue weighted by Gasteiger charge is -2.15. The number of hydrogen-bond acceptors (Lipinski definition) is 5. The maximum Gasteiger partial charge on any atom is 0.326 e. The van der Waals surface area contributed by atoms with Gasteiger partial charge in [-0.15, -0.1) is 0 Å². The molecule has 1 aromatic carbocycles. The van der Waals surface area contributed by atoms with E-state index in [4.69, 9.17) is 15.6 Å². The van der Waals surface area contributed by atoms with Crippen LogP contribution in [0, 0.1) is 0 Å². The summed E-state index contributed by atoms with van der Waals surface area (Å²) >= 11 is 0. The molecule has 7 nitrogen and oxygen atoms in total. The van der Waals surface area contributed by atoms with E-state index in [2.05, 4.69) is 5.32 Å². The lowest BCUT2D eigenvalue weighted by atomic mass is 10.1. The number of carbonyl (C=O) groups is 3. The number of amides is 1. The number of nitrogens with one attached hydrogen (secondary N) is 1. The summed E-state index contributed by atoms with van der Waals surface area (Å²) in [4.78, 5) is 33.2. The summed E-state index contributed by atoms with van der Waals surface area (Å²) in [5.41, 5.74) is 6.61. The zero-order valence-corrected chi connectivity index (χ0v) is 13.1. The van der Waals surface area contributed by atoms with E-state index in [0.29, 0.717) is 25.1 Å². The van der Waals surface area contributed by atoms with Gasteiger partial charge in [0.05, 0.1) is 6.61 Å². The number of aryl methyl sites for hydroxylation is 1. The maximum atomic E-state index is 11.3. The Balaban J connectivity index is 2.55. The SMILES string of the molecule is CCOC(=O)CCc1ccc(N[C@@H](CCC(N)=O)C(=O)O)cc1. The molecule has 0 aliphatic carbocycles. The van der Waals surface area contributed by atoms with Gasteiger partial charge in [-0.3, -0.25) is 9.59 Å². The van der Waals surface area contributed by atoms with Crippen LogP contribution in [0.5, 0.6) is 0 Å². The largest absolute Gasteiger partial charge is 0.480 e. The molecule has 0 heterocycles. The molecule has 0 spiro atoms. The van der Waals surface area contributed by atoms with Gasteiger partial charge in [0.15, 0.2) is 0 Å². The summed E-state index contributed by atoms with van der Waals surface area (Å²) in [5.74, 6) is -1.82. The van der Waals surface area contributed by atoms with Crippen molar-refractivity contribution < 1.29 is 24.2 Å². The van der Waals surface area contributed by atoms with Gasteiger partial charge in [-0.2, -0.15) is 0 Å². The Morgan fingerprint density at radius 3 is 2.39 bits per heavy atom. The van der Waals surface area contributed by atoms with Gasteiger partial charge in [-0.1, -0.05) is 12.1 Å². The van der Waals surface area contributed by atoms with Crippen molar-refractivity contribution in [1.29, 1.82) is 0 Å². The zero-order chi connectivity index (χ0) is 17.2. The highest BCUT2D eigenvalue weighted by Gasteiger charge is 2.17. The molecule has 126 valence electrons. The zero-order valence-electron chi connectivity index (χ0n) is 13.1. The van der Waals surface area contributed by atoms with Crippen molar-refractivity contribution >= 4 is 23.5 Å². The van der Waals surface area contributed by atoms with Crippen molar-refractivity contribution in [3.8, 4) is 0 Å². The van der Waals surface area contributed by atoms with Crippen molar-refractivity contribution in [3.63, 3.8) is 0 Å². The van der Waals surface area contributed by atoms with Crippen LogP contribution in [0.1, 0.15) is 31.7 Å². The predicted molar refractivity (Wildman–Crippen MR) is 84.9 cm³/mol. The van der Waals surface area contributed by atoms with Crippen LogP contribution in [0.15, 0.2) is 24.3 Å². The lowest BCUT2D eigenvalue weighted by molar-refractivity contribution is -0.143. The monoisotopic (exact) mass is 322 g/mol. The van der Waals surface area contributed by atoms with Crippen molar-refractivity contribution in [3.05, 3.63) is 29.8 Å². The van der Waals surface area contributed by atoms with E-state index in [-0.39, 0.29) is 18.8 Å². The van der Waals surface area contributed by atoms with Crippen molar-refractivity contribution in [1.82, 2.24) is 0 Å². The first-order chi connectivity index (χ1) is 10.9. The van der Waals surface area contributed by atoms with Gasteiger partial charge >= 0.3 is 11.9 Å². The Hall–Kier alpha value is -2.57. The number of benzene rings is 1. The van der Waals surface area contributed by atoms with Gasteiger partial charge in [0.25, 0.3) is 0 Å². The first-order valence-corrected chi connectivity index (χ1v) is 7.44. The molecule has 7 heteroatoms. The Kier molecular flexibility index (Phi) is 7.59. The Labute approximate surface area is 134 Å². The minimum Gasteiger partial charge on any atom is -0.480 e. The van der Waals surface area contributed by atoms with Gasteiger partial charge in [-0.05, 0) is 37.5 Å². The third-order valence-electron chi connectivity index (χ3n) is 3.20. The molecular formula is C16H22N2O5. The van der Waals surface area contributed by atoms with Crippen LogP contribution in [0.2, 0.25) is 0 Å². The van der Waals surface area contributed by atoms with E-state index in [1.54, 1.807) is 19.1 Å². The number of ether oxygens (including phenoxy) is 1. The molecular weight excluding hydrogens is 300 g/mol. The Morgan fingerprint density at radius 2 is 1.87 bits per heavy atom. The standard InChI is InChI=1S/C16H22N2O5/c1-2-23-15(20)10-5-11-3-6-12(7-4-11)18-13(16(21)22)8-9-14(17)19/h3-4,6-7,13,18H,2,5,8-10H2,1H3,(H2,17,19)(H,21,22)/t13-/m0/s1. The molecule has 0 unspecified atom stereocenters. The first-order valence-electron chi connectivity index (χ1n) is 7.44. The number of hydrogen-bond donors (Lipinski definition) is 3. The van der Waals surface area contributed by atoms with E-state index in [0.717, 1.165) is 5.56 Å². The second kappa shape index (κ2) is 9.45. The average Bonchev–Trinajstić information content (AvgIpc) is 2.50. The minimum absolute atomic E-state index is 0.00158. The van der Waals surface area contributed by atoms with E-state index < -0.39 is 17.9 Å². The molecule has 1 atom stereocenters. The van der Waals surface area contributed by atoms with E-state index in [1.165, 1.54) is 0 Å². The van der Waals surface area contributed by atoms with E-state index in [9.17, 15) is 14.4 Å². The summed E-state index contributed by atoms with van der Waals surface area (Å²) in [7, 11) is 0. The number of carboxylic acid groups (broad SMARTS) is 1. The number of rotatable bonds is 10. The topological polar surface area (TPSA) is 119 Å². The number of carbonyl (C=O) groups excluding carboxylic acids is 2. The van der Waals surface area contributed by atoms with Crippen molar-refractivity contribution in [2.75, 3.05) is 11.9 Å². The quantitative estimate of drug-likeness (QED) is 0.559. The Bertz CT molecular complexity index is 542. The molecule has 0 saturated heterocycles. The number of primary amides is 1. The van der Waals surface area contributed by atoms with Crippen LogP contribution in [0.3, 0.4) is 0 Å². The average molecular weight is 322 g/mol. The first kappa shape index (κ1) is 18.5. The fourth-order valence-electron chi connectivity index (χ4n) is 1.99. The van der Waals surface area contributed by atoms with E-state index >= 15 is 0 Å². The Morgan fingerprint density at radius 1 is 1.22 bits per heavy atom. The minimum atomic E-state index is -1.04. The summed E-state index contributed by atoms with van der Waals surface area (Å²) in [6, 6.07) is 6.22. The van der Waals surface area contributed by atoms with Gasteiger partial charge in [0, 0.05) is 18.5 Å². The fraction of sp³-hybridized carbons (Fsp3) is 0.438. The molecule has 1 amide bonds. The summed E-state index contributed by atoms with van der Waals surface area (Å²) in [6.07, 6.45) is 0.983. The summed E-state index contributed by atoms with van der Waals surface area (Å²) in [6.45, 7) is 2.12. The summed E-state index contributed by atoms with van der Waals surface area (Å²) in [5, 5.41) is 12.0. The lowest BCUT2D eigenvalue weighted by Crippen LogP contribution is -2.30. The summed E-state index contributed by atoms with van der Waals surface area (Å²) < 4.78 is 4.86. The second-order valence-electron chi connectivity index (χ2n) is 5.04. The number of anilines is 1. The van der Waals surface area contributed by atoms with E-state index in [1.807, 2.05) is 12.1 Å². The third-order valence-corrected chi connectivity index (χ3v) is 3.20. The number of carboxylic acids is 1. The van der Waals surface area contributed by atoms with Crippen LogP contribution in [-0.2, 0) is 25.5 Å². The molecule has 0 aliphatic rings. The van der Waals surface area contributed by atoms with Crippen LogP contribution < -0.4 is 11.1 Å². The van der Waals surface area contributed by atoms with Gasteiger partial charge in [0.2, 0.25) is 5.91 Å². The highest BCUT2D eigenvalue weighted by molar-refractivity contribution is 5.79. The smallest absolute Gasteiger partial charge is 0.326 e. The highest BCUT2D eigenvalue weighted by atomic mass is 16.5. The number of esters is 1. The highest BCUT2D eigenvalue weighted by Crippen LogP contribution is 2.14. The van der Waals surface area contributed by atoms with Crippen LogP contribution in [0.25, 0.3) is 0 Å². The molecule has 1 rings (SSSR count). The molecule has 0 saturated carbocycles. The van der Waals surface area contributed by atoms with Gasteiger partial charge < -0.3 is 20.9 Å². The molecule has 0 fully saturated rings. The molecule has 23 heavy (non-hydrogen) atoms. The predicted octanol–water partition coefficient (Wildman–Crippen LogP) is 1.31. The fourth-order valence-corrected chi connectivity index (χ4v) is 1.99. The molecule has 0 aromatic heterocycles. The molecule has 4 N–H and O–H groups in total. The normalized spacial score (nSPS) is 11.5. The van der Waals surface area contributed by atoms with Crippen LogP contribution in [-0.4, -0.2) is 35.6 Å². The van der Waals surface area contributed by atoms with Crippen molar-refractivity contribution in [2.24, 2.45) is 5.73 Å². The van der Waals surface area contributed by atoms with Gasteiger partial charge in [0.1, 0.15) is 6.04 Å². The number of aliphatic carboxylic acids is 1.